The molecule has 16 heavy (non-hydrogen) atoms. The van der Waals surface area contributed by atoms with Gasteiger partial charge in [0, 0.05) is 11.8 Å². The summed E-state index contributed by atoms with van der Waals surface area (Å²) in [4.78, 5) is 3.86. The Hall–Kier alpha value is -0.290. The molecule has 0 aliphatic carbocycles. The van der Waals surface area contributed by atoms with Crippen LogP contribution in [0.4, 0.5) is 0 Å². The second-order valence-electron chi connectivity index (χ2n) is 4.13. The van der Waals surface area contributed by atoms with E-state index in [2.05, 4.69) is 9.38 Å². The molecule has 0 amide bonds. The maximum atomic E-state index is 11.7. The van der Waals surface area contributed by atoms with Crippen molar-refractivity contribution in [1.82, 2.24) is 4.98 Å². The topological polar surface area (TPSA) is 48.3 Å². The highest BCUT2D eigenvalue weighted by Gasteiger charge is 2.25. The molecule has 0 N–H and O–H groups in total. The summed E-state index contributed by atoms with van der Waals surface area (Å²) in [7, 11) is 0. The van der Waals surface area contributed by atoms with E-state index in [0.717, 1.165) is 0 Å². The first-order chi connectivity index (χ1) is 7.30. The predicted octanol–water partition coefficient (Wildman–Crippen LogP) is 3.27. The van der Waals surface area contributed by atoms with Gasteiger partial charge in [-0.1, -0.05) is 27.6 Å². The SMILES string of the molecule is CC(C)(C)[S@+]([O-])/N=C/c1cc(Cl)cnc1Cl. The molecule has 3 nitrogen and oxygen atoms in total. The van der Waals surface area contributed by atoms with Crippen LogP contribution in [0.1, 0.15) is 26.3 Å². The van der Waals surface area contributed by atoms with Crippen molar-refractivity contribution in [3.8, 4) is 0 Å². The van der Waals surface area contributed by atoms with Gasteiger partial charge in [0.05, 0.1) is 11.2 Å². The van der Waals surface area contributed by atoms with E-state index in [9.17, 15) is 4.55 Å². The summed E-state index contributed by atoms with van der Waals surface area (Å²) in [6, 6.07) is 1.63. The van der Waals surface area contributed by atoms with Gasteiger partial charge >= 0.3 is 0 Å². The lowest BCUT2D eigenvalue weighted by Gasteiger charge is -2.17. The van der Waals surface area contributed by atoms with Gasteiger partial charge in [-0.05, 0) is 26.8 Å². The van der Waals surface area contributed by atoms with Crippen LogP contribution in [-0.4, -0.2) is 20.5 Å². The minimum absolute atomic E-state index is 0.291. The van der Waals surface area contributed by atoms with Crippen molar-refractivity contribution in [2.45, 2.75) is 25.5 Å². The summed E-state index contributed by atoms with van der Waals surface area (Å²) in [6.07, 6.45) is 2.88. The molecule has 1 rings (SSSR count). The second kappa shape index (κ2) is 5.36. The Bertz CT molecular complexity index is 404. The molecule has 0 aliphatic rings. The van der Waals surface area contributed by atoms with E-state index in [1.807, 2.05) is 20.8 Å². The average Bonchev–Trinajstić information content (AvgIpc) is 2.17. The van der Waals surface area contributed by atoms with Crippen LogP contribution < -0.4 is 0 Å². The van der Waals surface area contributed by atoms with Crippen molar-refractivity contribution in [2.24, 2.45) is 4.40 Å². The first-order valence-corrected chi connectivity index (χ1v) is 6.44. The van der Waals surface area contributed by atoms with Crippen LogP contribution in [0.15, 0.2) is 16.7 Å². The van der Waals surface area contributed by atoms with Crippen LogP contribution in [-0.2, 0) is 11.4 Å². The summed E-state index contributed by atoms with van der Waals surface area (Å²) in [5, 5.41) is 0.756. The third kappa shape index (κ3) is 3.94. The van der Waals surface area contributed by atoms with Crippen LogP contribution in [0.2, 0.25) is 10.2 Å². The number of hydrogen-bond donors (Lipinski definition) is 0. The molecule has 0 aliphatic heterocycles. The number of rotatable bonds is 2. The van der Waals surface area contributed by atoms with Gasteiger partial charge in [0.15, 0.2) is 0 Å². The van der Waals surface area contributed by atoms with Crippen LogP contribution in [0, 0.1) is 0 Å². The second-order valence-corrected chi connectivity index (χ2v) is 6.86. The third-order valence-corrected chi connectivity index (χ3v) is 3.51. The van der Waals surface area contributed by atoms with E-state index in [1.165, 1.54) is 12.4 Å². The Kier molecular flexibility index (Phi) is 4.62. The van der Waals surface area contributed by atoms with Crippen LogP contribution in [0.25, 0.3) is 0 Å². The van der Waals surface area contributed by atoms with E-state index in [1.54, 1.807) is 6.07 Å². The standard InChI is InChI=1S/C10H12Cl2N2OS/c1-10(2,3)16(15)14-5-7-4-8(11)6-13-9(7)12/h4-6H,1-3H3/b14-5+/t16-/m0/s1. The summed E-state index contributed by atoms with van der Waals surface area (Å²) in [5.74, 6) is 0. The summed E-state index contributed by atoms with van der Waals surface area (Å²) < 4.78 is 15.2. The minimum atomic E-state index is -1.31. The number of pyridine rings is 1. The lowest BCUT2D eigenvalue weighted by molar-refractivity contribution is 0.562. The van der Waals surface area contributed by atoms with Crippen molar-refractivity contribution in [3.05, 3.63) is 28.0 Å². The van der Waals surface area contributed by atoms with Crippen molar-refractivity contribution < 1.29 is 4.55 Å². The molecule has 0 saturated heterocycles. The minimum Gasteiger partial charge on any atom is -0.591 e. The maximum absolute atomic E-state index is 11.7. The molecule has 0 spiro atoms. The van der Waals surface area contributed by atoms with Crippen LogP contribution in [0.3, 0.4) is 0 Å². The highest BCUT2D eigenvalue weighted by atomic mass is 35.5. The predicted molar refractivity (Wildman–Crippen MR) is 69.7 cm³/mol. The molecule has 1 heterocycles. The molecule has 0 unspecified atom stereocenters. The fourth-order valence-corrected chi connectivity index (χ4v) is 1.64. The lowest BCUT2D eigenvalue weighted by Crippen LogP contribution is -2.25. The third-order valence-electron chi connectivity index (χ3n) is 1.64. The Balaban J connectivity index is 2.88. The van der Waals surface area contributed by atoms with Crippen molar-refractivity contribution in [2.75, 3.05) is 0 Å². The maximum Gasteiger partial charge on any atom is 0.144 e. The van der Waals surface area contributed by atoms with E-state index in [-0.39, 0.29) is 0 Å². The first-order valence-electron chi connectivity index (χ1n) is 4.58. The van der Waals surface area contributed by atoms with Crippen LogP contribution >= 0.6 is 23.2 Å². The van der Waals surface area contributed by atoms with E-state index < -0.39 is 16.1 Å². The van der Waals surface area contributed by atoms with Gasteiger partial charge in [-0.3, -0.25) is 0 Å². The molecular weight excluding hydrogens is 267 g/mol. The first kappa shape index (κ1) is 13.8. The van der Waals surface area contributed by atoms with Gasteiger partial charge in [-0.2, -0.15) is 0 Å². The largest absolute Gasteiger partial charge is 0.591 e. The van der Waals surface area contributed by atoms with Crippen molar-refractivity contribution in [3.63, 3.8) is 0 Å². The van der Waals surface area contributed by atoms with Crippen LogP contribution in [0.5, 0.6) is 0 Å². The monoisotopic (exact) mass is 278 g/mol. The Morgan fingerprint density at radius 3 is 2.62 bits per heavy atom. The van der Waals surface area contributed by atoms with E-state index in [4.69, 9.17) is 23.2 Å². The average molecular weight is 279 g/mol. The van der Waals surface area contributed by atoms with E-state index in [0.29, 0.717) is 15.7 Å². The summed E-state index contributed by atoms with van der Waals surface area (Å²) >= 11 is 10.3. The molecule has 0 aromatic carbocycles. The Morgan fingerprint density at radius 2 is 2.06 bits per heavy atom. The van der Waals surface area contributed by atoms with Crippen molar-refractivity contribution >= 4 is 40.8 Å². The number of halogens is 2. The number of nitrogens with zero attached hydrogens (tertiary/aromatic N) is 2. The molecule has 1 atom stereocenters. The molecule has 0 saturated carbocycles. The van der Waals surface area contributed by atoms with Gasteiger partial charge < -0.3 is 4.55 Å². The quantitative estimate of drug-likeness (QED) is 0.474. The zero-order chi connectivity index (χ0) is 12.3. The fraction of sp³-hybridized carbons (Fsp3) is 0.400. The Labute approximate surface area is 108 Å². The lowest BCUT2D eigenvalue weighted by atomic mass is 10.3. The summed E-state index contributed by atoms with van der Waals surface area (Å²) in [6.45, 7) is 5.54. The molecule has 1 aromatic rings. The van der Waals surface area contributed by atoms with Gasteiger partial charge in [-0.25, -0.2) is 4.98 Å². The highest BCUT2D eigenvalue weighted by molar-refractivity contribution is 7.91. The molecule has 6 heteroatoms. The smallest absolute Gasteiger partial charge is 0.144 e. The van der Waals surface area contributed by atoms with Gasteiger partial charge in [0.2, 0.25) is 0 Å². The zero-order valence-electron chi connectivity index (χ0n) is 9.20. The van der Waals surface area contributed by atoms with E-state index >= 15 is 0 Å². The summed E-state index contributed by atoms with van der Waals surface area (Å²) in [5.41, 5.74) is 0.562. The molecule has 88 valence electrons. The van der Waals surface area contributed by atoms with Gasteiger partial charge in [0.1, 0.15) is 21.3 Å². The molecule has 0 bridgehead atoms. The molecule has 0 radical (unpaired) electrons. The fourth-order valence-electron chi connectivity index (χ4n) is 0.792. The normalized spacial score (nSPS) is 14.4. The van der Waals surface area contributed by atoms with Crippen molar-refractivity contribution in [1.29, 1.82) is 0 Å². The Morgan fingerprint density at radius 1 is 1.44 bits per heavy atom. The molecular formula is C10H12Cl2N2OS. The van der Waals surface area contributed by atoms with Gasteiger partial charge in [-0.15, -0.1) is 0 Å². The molecule has 1 aromatic heterocycles. The highest BCUT2D eigenvalue weighted by Crippen LogP contribution is 2.19. The number of hydrogen-bond acceptors (Lipinski definition) is 3. The molecule has 0 fully saturated rings. The zero-order valence-corrected chi connectivity index (χ0v) is 11.5. The van der Waals surface area contributed by atoms with Gasteiger partial charge in [0.25, 0.3) is 0 Å². The number of aromatic nitrogens is 1.